The van der Waals surface area contributed by atoms with Crippen LogP contribution in [-0.4, -0.2) is 53.0 Å². The lowest BCUT2D eigenvalue weighted by Crippen LogP contribution is -2.68. The van der Waals surface area contributed by atoms with Gasteiger partial charge in [-0.3, -0.25) is 0 Å². The fourth-order valence-corrected chi connectivity index (χ4v) is 2.67. The zero-order valence-corrected chi connectivity index (χ0v) is 10.8. The number of carbonyl (C=O) groups is 1. The zero-order chi connectivity index (χ0) is 12.6. The van der Waals surface area contributed by atoms with Gasteiger partial charge in [0.15, 0.2) is 0 Å². The predicted octanol–water partition coefficient (Wildman–Crippen LogP) is 0.719. The number of nitrogens with zero attached hydrogens (tertiary/aromatic N) is 1. The molecule has 1 amide bonds. The van der Waals surface area contributed by atoms with Crippen molar-refractivity contribution in [1.29, 1.82) is 0 Å². The van der Waals surface area contributed by atoms with E-state index in [0.29, 0.717) is 12.6 Å². The van der Waals surface area contributed by atoms with Crippen LogP contribution in [-0.2, 0) is 4.74 Å². The third-order valence-corrected chi connectivity index (χ3v) is 3.37. The van der Waals surface area contributed by atoms with Crippen molar-refractivity contribution in [3.8, 4) is 0 Å². The first kappa shape index (κ1) is 12.6. The first-order valence-corrected chi connectivity index (χ1v) is 6.27. The van der Waals surface area contributed by atoms with Crippen molar-refractivity contribution < 1.29 is 14.6 Å². The van der Waals surface area contributed by atoms with Gasteiger partial charge < -0.3 is 20.1 Å². The van der Waals surface area contributed by atoms with Crippen LogP contribution in [0.3, 0.4) is 0 Å². The molecule has 17 heavy (non-hydrogen) atoms. The molecule has 0 radical (unpaired) electrons. The summed E-state index contributed by atoms with van der Waals surface area (Å²) in [6.45, 7) is 6.37. The molecule has 3 fully saturated rings. The van der Waals surface area contributed by atoms with E-state index in [1.807, 2.05) is 20.8 Å². The molecule has 3 aliphatic rings. The minimum Gasteiger partial charge on any atom is -0.444 e. The highest BCUT2D eigenvalue weighted by Crippen LogP contribution is 2.27. The van der Waals surface area contributed by atoms with E-state index in [1.54, 1.807) is 4.90 Å². The quantitative estimate of drug-likeness (QED) is 0.711. The van der Waals surface area contributed by atoms with Crippen LogP contribution in [0.1, 0.15) is 33.6 Å². The standard InChI is InChI=1S/C12H22N2O3/c1-12(2,3)17-11(16)14-6-8-4-5-10(14)9(7-15)13-8/h8-10,13,15H,4-7H2,1-3H3. The molecular weight excluding hydrogens is 220 g/mol. The van der Waals surface area contributed by atoms with Crippen molar-refractivity contribution in [3.63, 3.8) is 0 Å². The lowest BCUT2D eigenvalue weighted by atomic mass is 9.87. The number of ether oxygens (including phenoxy) is 1. The highest BCUT2D eigenvalue weighted by Gasteiger charge is 2.43. The molecule has 0 saturated carbocycles. The minimum atomic E-state index is -0.462. The van der Waals surface area contributed by atoms with Gasteiger partial charge in [0.25, 0.3) is 0 Å². The van der Waals surface area contributed by atoms with E-state index in [9.17, 15) is 9.90 Å². The summed E-state index contributed by atoms with van der Waals surface area (Å²) in [5.74, 6) is 0. The Labute approximate surface area is 102 Å². The Morgan fingerprint density at radius 1 is 1.47 bits per heavy atom. The Morgan fingerprint density at radius 2 is 2.18 bits per heavy atom. The van der Waals surface area contributed by atoms with Crippen LogP contribution in [0.5, 0.6) is 0 Å². The highest BCUT2D eigenvalue weighted by atomic mass is 16.6. The number of carbonyl (C=O) groups excluding carboxylic acids is 1. The molecule has 3 saturated heterocycles. The van der Waals surface area contributed by atoms with E-state index in [1.165, 1.54) is 0 Å². The third kappa shape index (κ3) is 2.72. The van der Waals surface area contributed by atoms with Crippen LogP contribution in [0.2, 0.25) is 0 Å². The van der Waals surface area contributed by atoms with Gasteiger partial charge >= 0.3 is 6.09 Å². The Kier molecular flexibility index (Phi) is 3.32. The number of hydrogen-bond donors (Lipinski definition) is 2. The van der Waals surface area contributed by atoms with E-state index in [0.717, 1.165) is 12.8 Å². The average molecular weight is 242 g/mol. The number of aliphatic hydroxyl groups excluding tert-OH is 1. The molecule has 3 unspecified atom stereocenters. The van der Waals surface area contributed by atoms with Crippen LogP contribution in [0.4, 0.5) is 4.79 Å². The van der Waals surface area contributed by atoms with E-state index in [-0.39, 0.29) is 24.8 Å². The Hall–Kier alpha value is -0.810. The van der Waals surface area contributed by atoms with Crippen LogP contribution < -0.4 is 5.32 Å². The molecule has 5 heteroatoms. The molecule has 3 aliphatic heterocycles. The molecule has 0 aromatic rings. The molecule has 0 aromatic heterocycles. The summed E-state index contributed by atoms with van der Waals surface area (Å²) in [4.78, 5) is 13.8. The van der Waals surface area contributed by atoms with Crippen molar-refractivity contribution in [2.75, 3.05) is 13.2 Å². The van der Waals surface area contributed by atoms with Gasteiger partial charge in [-0.05, 0) is 33.6 Å². The number of amides is 1. The number of piperidine rings is 2. The van der Waals surface area contributed by atoms with Crippen LogP contribution in [0.15, 0.2) is 0 Å². The van der Waals surface area contributed by atoms with Crippen LogP contribution >= 0.6 is 0 Å². The smallest absolute Gasteiger partial charge is 0.410 e. The molecule has 5 nitrogen and oxygen atoms in total. The Bertz CT molecular complexity index is 301. The monoisotopic (exact) mass is 242 g/mol. The van der Waals surface area contributed by atoms with Gasteiger partial charge in [-0.1, -0.05) is 0 Å². The van der Waals surface area contributed by atoms with Crippen LogP contribution in [0.25, 0.3) is 0 Å². The second-order valence-electron chi connectivity index (χ2n) is 5.93. The molecule has 3 atom stereocenters. The van der Waals surface area contributed by atoms with Gasteiger partial charge in [0, 0.05) is 12.6 Å². The summed E-state index contributed by atoms with van der Waals surface area (Å²) in [6, 6.07) is 0.361. The highest BCUT2D eigenvalue weighted by molar-refractivity contribution is 5.69. The summed E-state index contributed by atoms with van der Waals surface area (Å²) >= 11 is 0. The molecule has 98 valence electrons. The number of nitrogens with one attached hydrogen (secondary N) is 1. The van der Waals surface area contributed by atoms with Gasteiger partial charge in [0.2, 0.25) is 0 Å². The normalized spacial score (nSPS) is 32.7. The molecule has 0 spiro atoms. The van der Waals surface area contributed by atoms with Gasteiger partial charge in [-0.2, -0.15) is 0 Å². The van der Waals surface area contributed by atoms with Crippen molar-refractivity contribution in [1.82, 2.24) is 10.2 Å². The minimum absolute atomic E-state index is 0.00461. The summed E-state index contributed by atoms with van der Waals surface area (Å²) in [7, 11) is 0. The predicted molar refractivity (Wildman–Crippen MR) is 63.8 cm³/mol. The number of fused-ring (bicyclic) bond motifs is 3. The molecular formula is C12H22N2O3. The largest absolute Gasteiger partial charge is 0.444 e. The van der Waals surface area contributed by atoms with Crippen molar-refractivity contribution >= 4 is 6.09 Å². The molecule has 2 N–H and O–H groups in total. The van der Waals surface area contributed by atoms with Crippen molar-refractivity contribution in [2.24, 2.45) is 0 Å². The van der Waals surface area contributed by atoms with Crippen LogP contribution in [0, 0.1) is 0 Å². The topological polar surface area (TPSA) is 61.8 Å². The Morgan fingerprint density at radius 3 is 2.71 bits per heavy atom. The van der Waals surface area contributed by atoms with Gasteiger partial charge in [0.1, 0.15) is 5.60 Å². The molecule has 0 aliphatic carbocycles. The van der Waals surface area contributed by atoms with E-state index < -0.39 is 5.60 Å². The lowest BCUT2D eigenvalue weighted by molar-refractivity contribution is -0.0228. The molecule has 0 aromatic carbocycles. The third-order valence-electron chi connectivity index (χ3n) is 3.37. The number of rotatable bonds is 1. The van der Waals surface area contributed by atoms with E-state index in [2.05, 4.69) is 5.32 Å². The summed E-state index contributed by atoms with van der Waals surface area (Å²) in [5, 5.41) is 12.7. The van der Waals surface area contributed by atoms with E-state index >= 15 is 0 Å². The van der Waals surface area contributed by atoms with Crippen molar-refractivity contribution in [2.45, 2.75) is 57.3 Å². The SMILES string of the molecule is CC(C)(C)OC(=O)N1CC2CCC1C(CO)N2. The summed E-state index contributed by atoms with van der Waals surface area (Å²) in [6.07, 6.45) is 1.76. The van der Waals surface area contributed by atoms with Gasteiger partial charge in [0.05, 0.1) is 18.7 Å². The maximum atomic E-state index is 12.1. The molecule has 2 bridgehead atoms. The summed E-state index contributed by atoms with van der Waals surface area (Å²) < 4.78 is 5.40. The second-order valence-corrected chi connectivity index (χ2v) is 5.93. The number of aliphatic hydroxyl groups is 1. The van der Waals surface area contributed by atoms with Gasteiger partial charge in [-0.15, -0.1) is 0 Å². The van der Waals surface area contributed by atoms with E-state index in [4.69, 9.17) is 4.74 Å². The lowest BCUT2D eigenvalue weighted by Gasteiger charge is -2.49. The maximum absolute atomic E-state index is 12.1. The molecule has 3 rings (SSSR count). The summed E-state index contributed by atoms with van der Waals surface area (Å²) in [5.41, 5.74) is -0.462. The molecule has 3 heterocycles. The second kappa shape index (κ2) is 4.46. The first-order valence-electron chi connectivity index (χ1n) is 6.27. The van der Waals surface area contributed by atoms with Gasteiger partial charge in [-0.25, -0.2) is 4.79 Å². The van der Waals surface area contributed by atoms with Crippen molar-refractivity contribution in [3.05, 3.63) is 0 Å². The fourth-order valence-electron chi connectivity index (χ4n) is 2.67. The zero-order valence-electron chi connectivity index (χ0n) is 10.8. The maximum Gasteiger partial charge on any atom is 0.410 e. The fraction of sp³-hybridized carbons (Fsp3) is 0.917. The number of hydrogen-bond acceptors (Lipinski definition) is 4. The Balaban J connectivity index is 2.04. The number of piperazine rings is 1. The average Bonchev–Trinajstić information content (AvgIpc) is 2.27. The first-order chi connectivity index (χ1) is 7.90.